The molecule has 1 atom stereocenters. The molecule has 1 aliphatic carbocycles. The maximum Gasteiger partial charge on any atom is 0.128 e. The first-order valence-corrected chi connectivity index (χ1v) is 5.90. The summed E-state index contributed by atoms with van der Waals surface area (Å²) in [4.78, 5) is 0. The van der Waals surface area contributed by atoms with Gasteiger partial charge in [-0.2, -0.15) is 0 Å². The molecule has 1 nitrogen and oxygen atoms in total. The monoisotopic (exact) mass is 239 g/mol. The molecular weight excluding hydrogens is 220 g/mol. The molecule has 0 bridgehead atoms. The lowest BCUT2D eigenvalue weighted by atomic mass is 9.97. The van der Waals surface area contributed by atoms with E-state index < -0.39 is 17.7 Å². The molecule has 0 radical (unpaired) electrons. The molecule has 0 heterocycles. The summed E-state index contributed by atoms with van der Waals surface area (Å²) in [5.41, 5.74) is 6.52. The highest BCUT2D eigenvalue weighted by molar-refractivity contribution is 5.28. The van der Waals surface area contributed by atoms with Crippen molar-refractivity contribution in [2.45, 2.75) is 33.7 Å². The molecule has 1 unspecified atom stereocenters. The van der Waals surface area contributed by atoms with E-state index in [1.165, 1.54) is 6.07 Å². The lowest BCUT2D eigenvalue weighted by Crippen LogP contribution is -2.18. The van der Waals surface area contributed by atoms with Gasteiger partial charge in [-0.15, -0.1) is 0 Å². The van der Waals surface area contributed by atoms with E-state index in [0.29, 0.717) is 0 Å². The molecular formula is C14H19F2N. The van der Waals surface area contributed by atoms with Gasteiger partial charge in [-0.1, -0.05) is 27.7 Å². The van der Waals surface area contributed by atoms with E-state index >= 15 is 0 Å². The smallest absolute Gasteiger partial charge is 0.128 e. The molecule has 1 fully saturated rings. The highest BCUT2D eigenvalue weighted by atomic mass is 19.1. The SMILES string of the molecule is CC1(C)C(C(N)c2cc(F)ccc2F)C1(C)C. The van der Waals surface area contributed by atoms with Gasteiger partial charge in [-0.25, -0.2) is 8.78 Å². The van der Waals surface area contributed by atoms with Crippen LogP contribution >= 0.6 is 0 Å². The second kappa shape index (κ2) is 3.52. The van der Waals surface area contributed by atoms with E-state index in [2.05, 4.69) is 27.7 Å². The zero-order valence-electron chi connectivity index (χ0n) is 10.7. The lowest BCUT2D eigenvalue weighted by Gasteiger charge is -2.15. The van der Waals surface area contributed by atoms with Crippen molar-refractivity contribution in [3.05, 3.63) is 35.4 Å². The van der Waals surface area contributed by atoms with Crippen molar-refractivity contribution in [3.63, 3.8) is 0 Å². The van der Waals surface area contributed by atoms with Crippen LogP contribution in [0.1, 0.15) is 39.3 Å². The van der Waals surface area contributed by atoms with E-state index in [1.54, 1.807) is 0 Å². The lowest BCUT2D eigenvalue weighted by molar-refractivity contribution is 0.457. The number of rotatable bonds is 2. The summed E-state index contributed by atoms with van der Waals surface area (Å²) in [7, 11) is 0. The fraction of sp³-hybridized carbons (Fsp3) is 0.571. The summed E-state index contributed by atoms with van der Waals surface area (Å²) in [5.74, 6) is -0.684. The van der Waals surface area contributed by atoms with Gasteiger partial charge in [-0.05, 0) is 34.9 Å². The van der Waals surface area contributed by atoms with E-state index in [9.17, 15) is 8.78 Å². The number of benzene rings is 1. The highest BCUT2D eigenvalue weighted by Crippen LogP contribution is 2.71. The molecule has 94 valence electrons. The zero-order chi connectivity index (χ0) is 13.0. The Labute approximate surface area is 101 Å². The third kappa shape index (κ3) is 1.68. The van der Waals surface area contributed by atoms with Crippen molar-refractivity contribution in [1.82, 2.24) is 0 Å². The fourth-order valence-electron chi connectivity index (χ4n) is 3.09. The molecule has 3 heteroatoms. The Morgan fingerprint density at radius 1 is 1.12 bits per heavy atom. The van der Waals surface area contributed by atoms with Crippen LogP contribution in [-0.4, -0.2) is 0 Å². The first-order valence-electron chi connectivity index (χ1n) is 5.90. The van der Waals surface area contributed by atoms with Crippen LogP contribution in [0.5, 0.6) is 0 Å². The van der Waals surface area contributed by atoms with E-state index in [-0.39, 0.29) is 22.3 Å². The second-order valence-electron chi connectivity index (χ2n) is 6.11. The minimum Gasteiger partial charge on any atom is -0.324 e. The van der Waals surface area contributed by atoms with Crippen LogP contribution in [0.25, 0.3) is 0 Å². The minimum atomic E-state index is -0.448. The molecule has 1 aliphatic rings. The minimum absolute atomic E-state index is 0.0607. The summed E-state index contributed by atoms with van der Waals surface area (Å²) in [6.07, 6.45) is 0. The number of halogens is 2. The molecule has 0 saturated heterocycles. The van der Waals surface area contributed by atoms with Gasteiger partial charge in [0.15, 0.2) is 0 Å². The molecule has 0 amide bonds. The normalized spacial score (nSPS) is 23.5. The van der Waals surface area contributed by atoms with Gasteiger partial charge in [0, 0.05) is 11.6 Å². The quantitative estimate of drug-likeness (QED) is 0.837. The molecule has 1 aromatic rings. The summed E-state index contributed by atoms with van der Waals surface area (Å²) in [6, 6.07) is 3.03. The first-order chi connectivity index (χ1) is 7.69. The average Bonchev–Trinajstić information content (AvgIpc) is 2.61. The average molecular weight is 239 g/mol. The van der Waals surface area contributed by atoms with Crippen molar-refractivity contribution >= 4 is 0 Å². The Morgan fingerprint density at radius 2 is 1.65 bits per heavy atom. The molecule has 2 rings (SSSR count). The molecule has 1 saturated carbocycles. The summed E-state index contributed by atoms with van der Waals surface area (Å²) < 4.78 is 26.8. The predicted molar refractivity (Wildman–Crippen MR) is 64.3 cm³/mol. The Bertz CT molecular complexity index is 438. The van der Waals surface area contributed by atoms with Crippen LogP contribution in [0, 0.1) is 28.4 Å². The fourth-order valence-corrected chi connectivity index (χ4v) is 3.09. The van der Waals surface area contributed by atoms with Gasteiger partial charge in [0.05, 0.1) is 0 Å². The van der Waals surface area contributed by atoms with Crippen LogP contribution in [0.15, 0.2) is 18.2 Å². The summed E-state index contributed by atoms with van der Waals surface area (Å²) in [5, 5.41) is 0. The maximum absolute atomic E-state index is 13.7. The van der Waals surface area contributed by atoms with Gasteiger partial charge < -0.3 is 5.73 Å². The Balaban J connectivity index is 2.34. The molecule has 0 aromatic heterocycles. The Kier molecular flexibility index (Phi) is 2.58. The molecule has 0 spiro atoms. The summed E-state index contributed by atoms with van der Waals surface area (Å²) >= 11 is 0. The van der Waals surface area contributed by atoms with E-state index in [0.717, 1.165) is 12.1 Å². The van der Waals surface area contributed by atoms with Crippen molar-refractivity contribution in [2.75, 3.05) is 0 Å². The van der Waals surface area contributed by atoms with E-state index in [1.807, 2.05) is 0 Å². The standard InChI is InChI=1S/C14H19F2N/c1-13(2)12(14(13,3)4)11(17)9-7-8(15)5-6-10(9)16/h5-7,11-12H,17H2,1-4H3. The maximum atomic E-state index is 13.7. The van der Waals surface area contributed by atoms with Gasteiger partial charge in [0.1, 0.15) is 11.6 Å². The number of nitrogens with two attached hydrogens (primary N) is 1. The van der Waals surface area contributed by atoms with Gasteiger partial charge in [0.2, 0.25) is 0 Å². The third-order valence-electron chi connectivity index (χ3n) is 4.81. The molecule has 2 N–H and O–H groups in total. The number of hydrogen-bond acceptors (Lipinski definition) is 1. The third-order valence-corrected chi connectivity index (χ3v) is 4.81. The Morgan fingerprint density at radius 3 is 2.12 bits per heavy atom. The molecule has 1 aromatic carbocycles. The van der Waals surface area contributed by atoms with Crippen LogP contribution in [0.3, 0.4) is 0 Å². The van der Waals surface area contributed by atoms with Gasteiger partial charge >= 0.3 is 0 Å². The van der Waals surface area contributed by atoms with Crippen molar-refractivity contribution < 1.29 is 8.78 Å². The number of hydrogen-bond donors (Lipinski definition) is 1. The van der Waals surface area contributed by atoms with Crippen molar-refractivity contribution in [1.29, 1.82) is 0 Å². The topological polar surface area (TPSA) is 26.0 Å². The van der Waals surface area contributed by atoms with Gasteiger partial charge in [0.25, 0.3) is 0 Å². The van der Waals surface area contributed by atoms with Crippen molar-refractivity contribution in [3.8, 4) is 0 Å². The predicted octanol–water partition coefficient (Wildman–Crippen LogP) is 3.65. The molecule has 0 aliphatic heterocycles. The first kappa shape index (κ1) is 12.5. The Hall–Kier alpha value is -0.960. The van der Waals surface area contributed by atoms with Crippen LogP contribution in [0.4, 0.5) is 8.78 Å². The van der Waals surface area contributed by atoms with Crippen LogP contribution in [0.2, 0.25) is 0 Å². The zero-order valence-corrected chi connectivity index (χ0v) is 10.7. The van der Waals surface area contributed by atoms with Gasteiger partial charge in [-0.3, -0.25) is 0 Å². The van der Waals surface area contributed by atoms with Crippen LogP contribution < -0.4 is 5.73 Å². The van der Waals surface area contributed by atoms with Crippen LogP contribution in [-0.2, 0) is 0 Å². The summed E-state index contributed by atoms with van der Waals surface area (Å²) in [6.45, 7) is 8.48. The van der Waals surface area contributed by atoms with E-state index in [4.69, 9.17) is 5.73 Å². The second-order valence-corrected chi connectivity index (χ2v) is 6.11. The largest absolute Gasteiger partial charge is 0.324 e. The van der Waals surface area contributed by atoms with Crippen molar-refractivity contribution in [2.24, 2.45) is 22.5 Å². The highest BCUT2D eigenvalue weighted by Gasteiger charge is 2.66. The molecule has 17 heavy (non-hydrogen) atoms.